The van der Waals surface area contributed by atoms with E-state index >= 15 is 0 Å². The molecule has 7 nitrogen and oxygen atoms in total. The van der Waals surface area contributed by atoms with Gasteiger partial charge in [0.05, 0.1) is 13.2 Å². The summed E-state index contributed by atoms with van der Waals surface area (Å²) in [5.41, 5.74) is 0.753. The SMILES string of the molecule is COC(=O)CNC(=O)N1CCC[C@H]1c1cc(C)on1. The molecule has 1 aliphatic rings. The Morgan fingerprint density at radius 1 is 1.63 bits per heavy atom. The van der Waals surface area contributed by atoms with Crippen LogP contribution in [0.4, 0.5) is 4.79 Å². The maximum atomic E-state index is 12.0. The Hall–Kier alpha value is -2.05. The van der Waals surface area contributed by atoms with E-state index in [1.807, 2.05) is 13.0 Å². The number of carbonyl (C=O) groups is 2. The lowest BCUT2D eigenvalue weighted by Crippen LogP contribution is -2.41. The molecule has 7 heteroatoms. The van der Waals surface area contributed by atoms with Crippen LogP contribution in [0.3, 0.4) is 0 Å². The maximum Gasteiger partial charge on any atom is 0.325 e. The zero-order chi connectivity index (χ0) is 13.8. The zero-order valence-corrected chi connectivity index (χ0v) is 11.0. The van der Waals surface area contributed by atoms with Crippen molar-refractivity contribution in [1.82, 2.24) is 15.4 Å². The van der Waals surface area contributed by atoms with Crippen molar-refractivity contribution in [2.75, 3.05) is 20.2 Å². The average Bonchev–Trinajstić information content (AvgIpc) is 3.03. The van der Waals surface area contributed by atoms with Crippen LogP contribution in [0.25, 0.3) is 0 Å². The number of hydrogen-bond donors (Lipinski definition) is 1. The van der Waals surface area contributed by atoms with Gasteiger partial charge in [-0.25, -0.2) is 4.79 Å². The summed E-state index contributed by atoms with van der Waals surface area (Å²) in [6, 6.07) is 1.46. The van der Waals surface area contributed by atoms with Crippen molar-refractivity contribution >= 4 is 12.0 Å². The van der Waals surface area contributed by atoms with Gasteiger partial charge in [0.2, 0.25) is 0 Å². The molecule has 0 aromatic carbocycles. The molecule has 0 radical (unpaired) electrons. The van der Waals surface area contributed by atoms with Gasteiger partial charge in [-0.2, -0.15) is 0 Å². The van der Waals surface area contributed by atoms with Crippen LogP contribution in [-0.4, -0.2) is 42.3 Å². The fourth-order valence-corrected chi connectivity index (χ4v) is 2.18. The molecule has 19 heavy (non-hydrogen) atoms. The van der Waals surface area contributed by atoms with Gasteiger partial charge < -0.3 is 19.5 Å². The summed E-state index contributed by atoms with van der Waals surface area (Å²) in [5, 5.41) is 6.49. The van der Waals surface area contributed by atoms with E-state index in [-0.39, 0.29) is 18.6 Å². The van der Waals surface area contributed by atoms with Gasteiger partial charge in [0, 0.05) is 12.6 Å². The van der Waals surface area contributed by atoms with Crippen LogP contribution < -0.4 is 5.32 Å². The Balaban J connectivity index is 1.98. The molecule has 104 valence electrons. The van der Waals surface area contributed by atoms with E-state index < -0.39 is 5.97 Å². The number of carbonyl (C=O) groups excluding carboxylic acids is 2. The first-order valence-corrected chi connectivity index (χ1v) is 6.16. The van der Waals surface area contributed by atoms with E-state index in [2.05, 4.69) is 15.2 Å². The number of esters is 1. The molecule has 2 rings (SSSR count). The fraction of sp³-hybridized carbons (Fsp3) is 0.583. The Labute approximate surface area is 110 Å². The van der Waals surface area contributed by atoms with Crippen LogP contribution in [0.15, 0.2) is 10.6 Å². The number of methoxy groups -OCH3 is 1. The van der Waals surface area contributed by atoms with Crippen molar-refractivity contribution in [1.29, 1.82) is 0 Å². The van der Waals surface area contributed by atoms with Crippen molar-refractivity contribution in [3.63, 3.8) is 0 Å². The van der Waals surface area contributed by atoms with Crippen molar-refractivity contribution < 1.29 is 18.8 Å². The highest BCUT2D eigenvalue weighted by atomic mass is 16.5. The monoisotopic (exact) mass is 267 g/mol. The van der Waals surface area contributed by atoms with Crippen molar-refractivity contribution in [2.24, 2.45) is 0 Å². The Morgan fingerprint density at radius 2 is 2.42 bits per heavy atom. The van der Waals surface area contributed by atoms with Crippen LogP contribution in [0.5, 0.6) is 0 Å². The number of rotatable bonds is 3. The Morgan fingerprint density at radius 3 is 3.05 bits per heavy atom. The first-order chi connectivity index (χ1) is 9.11. The smallest absolute Gasteiger partial charge is 0.325 e. The van der Waals surface area contributed by atoms with Crippen molar-refractivity contribution in [3.05, 3.63) is 17.5 Å². The fourth-order valence-electron chi connectivity index (χ4n) is 2.18. The third-order valence-corrected chi connectivity index (χ3v) is 3.11. The second-order valence-corrected chi connectivity index (χ2v) is 4.45. The van der Waals surface area contributed by atoms with Crippen LogP contribution >= 0.6 is 0 Å². The van der Waals surface area contributed by atoms with Crippen LogP contribution in [0, 0.1) is 6.92 Å². The third-order valence-electron chi connectivity index (χ3n) is 3.11. The topological polar surface area (TPSA) is 84.7 Å². The number of amides is 2. The van der Waals surface area contributed by atoms with Gasteiger partial charge in [0.25, 0.3) is 0 Å². The molecule has 2 heterocycles. The molecular weight excluding hydrogens is 250 g/mol. The van der Waals surface area contributed by atoms with E-state index in [4.69, 9.17) is 4.52 Å². The lowest BCUT2D eigenvalue weighted by atomic mass is 10.1. The molecule has 1 aromatic rings. The molecule has 1 N–H and O–H groups in total. The molecule has 0 bridgehead atoms. The number of ether oxygens (including phenoxy) is 1. The van der Waals surface area contributed by atoms with Crippen LogP contribution in [0.2, 0.25) is 0 Å². The van der Waals surface area contributed by atoms with E-state index in [0.717, 1.165) is 24.3 Å². The molecule has 0 aliphatic carbocycles. The number of aryl methyl sites for hydroxylation is 1. The largest absolute Gasteiger partial charge is 0.468 e. The molecule has 1 atom stereocenters. The zero-order valence-electron chi connectivity index (χ0n) is 11.0. The van der Waals surface area contributed by atoms with Gasteiger partial charge in [-0.15, -0.1) is 0 Å². The van der Waals surface area contributed by atoms with Crippen LogP contribution in [0.1, 0.15) is 30.3 Å². The van der Waals surface area contributed by atoms with Crippen molar-refractivity contribution in [3.8, 4) is 0 Å². The van der Waals surface area contributed by atoms with Crippen LogP contribution in [-0.2, 0) is 9.53 Å². The van der Waals surface area contributed by atoms with E-state index in [9.17, 15) is 9.59 Å². The summed E-state index contributed by atoms with van der Waals surface area (Å²) in [5.74, 6) is 0.248. The molecule has 2 amide bonds. The average molecular weight is 267 g/mol. The number of hydrogen-bond acceptors (Lipinski definition) is 5. The first-order valence-electron chi connectivity index (χ1n) is 6.16. The normalized spacial score (nSPS) is 18.4. The highest BCUT2D eigenvalue weighted by Crippen LogP contribution is 2.31. The Kier molecular flexibility index (Phi) is 4.03. The quantitative estimate of drug-likeness (QED) is 0.826. The summed E-state index contributed by atoms with van der Waals surface area (Å²) in [7, 11) is 1.28. The molecule has 0 saturated carbocycles. The van der Waals surface area contributed by atoms with Crippen molar-refractivity contribution in [2.45, 2.75) is 25.8 Å². The number of aromatic nitrogens is 1. The van der Waals surface area contributed by atoms with Gasteiger partial charge in [-0.1, -0.05) is 5.16 Å². The number of nitrogens with zero attached hydrogens (tertiary/aromatic N) is 2. The summed E-state index contributed by atoms with van der Waals surface area (Å²) in [6.45, 7) is 2.33. The first kappa shape index (κ1) is 13.4. The highest BCUT2D eigenvalue weighted by Gasteiger charge is 2.32. The minimum atomic E-state index is -0.471. The minimum absolute atomic E-state index is 0.0879. The number of likely N-dealkylation sites (tertiary alicyclic amines) is 1. The summed E-state index contributed by atoms with van der Waals surface area (Å²) < 4.78 is 9.52. The summed E-state index contributed by atoms with van der Waals surface area (Å²) >= 11 is 0. The molecule has 1 aliphatic heterocycles. The third kappa shape index (κ3) is 3.04. The lowest BCUT2D eigenvalue weighted by Gasteiger charge is -2.22. The second kappa shape index (κ2) is 5.73. The molecule has 1 saturated heterocycles. The highest BCUT2D eigenvalue weighted by molar-refractivity contribution is 5.81. The van der Waals surface area contributed by atoms with Gasteiger partial charge in [-0.3, -0.25) is 4.79 Å². The van der Waals surface area contributed by atoms with E-state index in [0.29, 0.717) is 6.54 Å². The summed E-state index contributed by atoms with van der Waals surface area (Å²) in [4.78, 5) is 24.7. The molecule has 1 fully saturated rings. The predicted octanol–water partition coefficient (Wildman–Crippen LogP) is 1.00. The van der Waals surface area contributed by atoms with Gasteiger partial charge in [0.15, 0.2) is 0 Å². The Bertz CT molecular complexity index is 471. The minimum Gasteiger partial charge on any atom is -0.468 e. The van der Waals surface area contributed by atoms with Gasteiger partial charge in [-0.05, 0) is 19.8 Å². The number of nitrogens with one attached hydrogen (secondary N) is 1. The van der Waals surface area contributed by atoms with Gasteiger partial charge in [0.1, 0.15) is 18.0 Å². The maximum absolute atomic E-state index is 12.0. The second-order valence-electron chi connectivity index (χ2n) is 4.45. The summed E-state index contributed by atoms with van der Waals surface area (Å²) in [6.07, 6.45) is 1.75. The van der Waals surface area contributed by atoms with E-state index in [1.165, 1.54) is 7.11 Å². The van der Waals surface area contributed by atoms with E-state index in [1.54, 1.807) is 4.90 Å². The molecule has 0 unspecified atom stereocenters. The molecule has 1 aromatic heterocycles. The predicted molar refractivity (Wildman–Crippen MR) is 65.3 cm³/mol. The molecule has 0 spiro atoms. The number of urea groups is 1. The lowest BCUT2D eigenvalue weighted by molar-refractivity contribution is -0.139. The van der Waals surface area contributed by atoms with Gasteiger partial charge >= 0.3 is 12.0 Å². The molecular formula is C12H17N3O4. The standard InChI is InChI=1S/C12H17N3O4/c1-8-6-9(14-19-8)10-4-3-5-15(10)12(17)13-7-11(16)18-2/h6,10H,3-5,7H2,1-2H3,(H,13,17)/t10-/m0/s1.